The molecule has 3 heterocycles. The van der Waals surface area contributed by atoms with Crippen molar-refractivity contribution in [3.63, 3.8) is 0 Å². The zero-order valence-corrected chi connectivity index (χ0v) is 20.5. The van der Waals surface area contributed by atoms with E-state index in [1.807, 2.05) is 23.0 Å². The molecule has 5 rings (SSSR count). The summed E-state index contributed by atoms with van der Waals surface area (Å²) in [5.41, 5.74) is 3.50. The molecule has 2 aromatic heterocycles. The zero-order valence-electron chi connectivity index (χ0n) is 19.8. The molecular weight excluding hydrogens is 480 g/mol. The summed E-state index contributed by atoms with van der Waals surface area (Å²) in [6.45, 7) is 2.85. The van der Waals surface area contributed by atoms with E-state index in [4.69, 9.17) is 26.3 Å². The van der Waals surface area contributed by atoms with E-state index in [1.54, 1.807) is 30.3 Å². The monoisotopic (exact) mass is 504 g/mol. The largest absolute Gasteiger partial charge is 0.472 e. The third-order valence-corrected chi connectivity index (χ3v) is 6.75. The van der Waals surface area contributed by atoms with Gasteiger partial charge >= 0.3 is 5.97 Å². The summed E-state index contributed by atoms with van der Waals surface area (Å²) in [6.07, 6.45) is 3.89. The van der Waals surface area contributed by atoms with Crippen LogP contribution in [0.25, 0.3) is 11.0 Å². The Labute approximate surface area is 213 Å². The van der Waals surface area contributed by atoms with E-state index < -0.39 is 0 Å². The minimum atomic E-state index is -0.361. The molecule has 10 heteroatoms. The molecule has 0 spiro atoms. The first-order valence-electron chi connectivity index (χ1n) is 11.7. The minimum absolute atomic E-state index is 0.290. The maximum absolute atomic E-state index is 11.8. The molecule has 0 amide bonds. The van der Waals surface area contributed by atoms with E-state index in [-0.39, 0.29) is 5.97 Å². The lowest BCUT2D eigenvalue weighted by atomic mass is 10.1. The molecule has 0 unspecified atom stereocenters. The first kappa shape index (κ1) is 23.9. The maximum atomic E-state index is 11.8. The lowest BCUT2D eigenvalue weighted by Gasteiger charge is -2.31. The number of piperidine rings is 1. The van der Waals surface area contributed by atoms with Gasteiger partial charge in [-0.1, -0.05) is 17.7 Å². The molecule has 9 nitrogen and oxygen atoms in total. The Morgan fingerprint density at radius 1 is 1.22 bits per heavy atom. The van der Waals surface area contributed by atoms with Gasteiger partial charge in [0.25, 0.3) is 0 Å². The van der Waals surface area contributed by atoms with Gasteiger partial charge in [0.2, 0.25) is 5.88 Å². The van der Waals surface area contributed by atoms with Gasteiger partial charge in [-0.25, -0.2) is 9.78 Å². The predicted molar refractivity (Wildman–Crippen MR) is 134 cm³/mol. The number of rotatable bonds is 7. The molecular formula is C26H25ClN6O3. The molecule has 184 valence electrons. The molecule has 0 radical (unpaired) electrons. The van der Waals surface area contributed by atoms with Gasteiger partial charge in [0.05, 0.1) is 47.9 Å². The number of ether oxygens (including phenoxy) is 2. The van der Waals surface area contributed by atoms with Crippen LogP contribution in [0.2, 0.25) is 5.02 Å². The number of benzene rings is 2. The highest BCUT2D eigenvalue weighted by Crippen LogP contribution is 2.25. The van der Waals surface area contributed by atoms with Crippen LogP contribution in [0, 0.1) is 11.3 Å². The Bertz CT molecular complexity index is 1430. The number of halogens is 1. The minimum Gasteiger partial charge on any atom is -0.472 e. The predicted octanol–water partition coefficient (Wildman–Crippen LogP) is 4.49. The molecule has 0 atom stereocenters. The van der Waals surface area contributed by atoms with Crippen molar-refractivity contribution in [2.45, 2.75) is 32.0 Å². The van der Waals surface area contributed by atoms with E-state index in [2.05, 4.69) is 26.0 Å². The Hall–Kier alpha value is -3.87. The third-order valence-electron chi connectivity index (χ3n) is 6.40. The molecule has 36 heavy (non-hydrogen) atoms. The number of hydrogen-bond acceptors (Lipinski definition) is 7. The van der Waals surface area contributed by atoms with Crippen molar-refractivity contribution in [3.8, 4) is 11.9 Å². The van der Waals surface area contributed by atoms with Gasteiger partial charge in [0.1, 0.15) is 12.4 Å². The summed E-state index contributed by atoms with van der Waals surface area (Å²) < 4.78 is 12.6. The molecule has 1 N–H and O–H groups in total. The number of H-pyrrole nitrogens is 1. The third kappa shape index (κ3) is 5.20. The van der Waals surface area contributed by atoms with Crippen LogP contribution in [0.15, 0.2) is 48.7 Å². The van der Waals surface area contributed by atoms with E-state index in [0.29, 0.717) is 41.2 Å². The highest BCUT2D eigenvalue weighted by Gasteiger charge is 2.22. The van der Waals surface area contributed by atoms with E-state index in [9.17, 15) is 4.79 Å². The van der Waals surface area contributed by atoms with Crippen molar-refractivity contribution < 1.29 is 14.3 Å². The van der Waals surface area contributed by atoms with Gasteiger partial charge in [-0.15, -0.1) is 5.10 Å². The Kier molecular flexibility index (Phi) is 6.89. The summed E-state index contributed by atoms with van der Waals surface area (Å²) >= 11 is 6.23. The quantitative estimate of drug-likeness (QED) is 0.369. The number of fused-ring (bicyclic) bond motifs is 1. The van der Waals surface area contributed by atoms with Gasteiger partial charge in [0.15, 0.2) is 0 Å². The second-order valence-electron chi connectivity index (χ2n) is 8.75. The molecule has 4 aromatic rings. The fourth-order valence-corrected chi connectivity index (χ4v) is 4.66. The number of aromatic amines is 1. The van der Waals surface area contributed by atoms with Crippen molar-refractivity contribution in [2.75, 3.05) is 20.2 Å². The number of carbonyl (C=O) groups is 1. The number of nitriles is 1. The van der Waals surface area contributed by atoms with Crippen LogP contribution in [0.1, 0.15) is 46.2 Å². The van der Waals surface area contributed by atoms with Crippen LogP contribution in [0.5, 0.6) is 5.88 Å². The highest BCUT2D eigenvalue weighted by atomic mass is 35.5. The first-order chi connectivity index (χ1) is 17.5. The SMILES string of the molecule is COC(=O)c1ccc2nc(CN3CCC(n4ccc(OCc5ccc(C#N)cc5Cl)n4)CC3)[nH]c2c1. The molecule has 1 saturated heterocycles. The fraction of sp³-hybridized carbons (Fsp3) is 0.308. The topological polar surface area (TPSA) is 109 Å². The van der Waals surface area contributed by atoms with Crippen molar-refractivity contribution >= 4 is 28.6 Å². The number of likely N-dealkylation sites (tertiary alicyclic amines) is 1. The summed E-state index contributed by atoms with van der Waals surface area (Å²) in [6, 6.07) is 14.7. The van der Waals surface area contributed by atoms with Crippen LogP contribution in [-0.4, -0.2) is 50.8 Å². The highest BCUT2D eigenvalue weighted by molar-refractivity contribution is 6.31. The van der Waals surface area contributed by atoms with E-state index in [1.165, 1.54) is 7.11 Å². The smallest absolute Gasteiger partial charge is 0.337 e. The lowest BCUT2D eigenvalue weighted by molar-refractivity contribution is 0.0601. The van der Waals surface area contributed by atoms with Crippen molar-refractivity contribution in [2.24, 2.45) is 0 Å². The average Bonchev–Trinajstić information content (AvgIpc) is 3.54. The molecule has 0 saturated carbocycles. The van der Waals surface area contributed by atoms with Crippen LogP contribution in [0.3, 0.4) is 0 Å². The number of aromatic nitrogens is 4. The number of nitrogens with zero attached hydrogens (tertiary/aromatic N) is 5. The normalized spacial score (nSPS) is 14.6. The van der Waals surface area contributed by atoms with Gasteiger partial charge in [-0.05, 0) is 43.2 Å². The fourth-order valence-electron chi connectivity index (χ4n) is 4.42. The van der Waals surface area contributed by atoms with Crippen molar-refractivity contribution in [1.29, 1.82) is 5.26 Å². The molecule has 1 aliphatic heterocycles. The molecule has 1 fully saturated rings. The lowest BCUT2D eigenvalue weighted by Crippen LogP contribution is -2.34. The maximum Gasteiger partial charge on any atom is 0.337 e. The van der Waals surface area contributed by atoms with Gasteiger partial charge in [0, 0.05) is 35.9 Å². The number of hydrogen-bond donors (Lipinski definition) is 1. The molecule has 0 aliphatic carbocycles. The van der Waals surface area contributed by atoms with Crippen LogP contribution in [-0.2, 0) is 17.9 Å². The van der Waals surface area contributed by atoms with Crippen LogP contribution in [0.4, 0.5) is 0 Å². The van der Waals surface area contributed by atoms with Gasteiger partial charge in [-0.3, -0.25) is 9.58 Å². The second kappa shape index (κ2) is 10.4. The summed E-state index contributed by atoms with van der Waals surface area (Å²) in [5, 5.41) is 14.1. The Morgan fingerprint density at radius 3 is 2.81 bits per heavy atom. The van der Waals surface area contributed by atoms with E-state index in [0.717, 1.165) is 48.4 Å². The number of imidazole rings is 1. The summed E-state index contributed by atoms with van der Waals surface area (Å²) in [4.78, 5) is 22.1. The number of carbonyl (C=O) groups excluding carboxylic acids is 1. The molecule has 0 bridgehead atoms. The summed E-state index contributed by atoms with van der Waals surface area (Å²) in [7, 11) is 1.37. The Balaban J connectivity index is 1.14. The Morgan fingerprint density at radius 2 is 2.06 bits per heavy atom. The van der Waals surface area contributed by atoms with Crippen molar-refractivity contribution in [1.82, 2.24) is 24.6 Å². The molecule has 2 aromatic carbocycles. The second-order valence-corrected chi connectivity index (χ2v) is 9.16. The molecule has 1 aliphatic rings. The standard InChI is InChI=1S/C26H25ClN6O3/c1-35-26(34)18-4-5-22-23(13-18)30-24(29-22)15-32-9-6-20(7-10-32)33-11-8-25(31-33)36-16-19-3-2-17(14-28)12-21(19)27/h2-5,8,11-13,20H,6-7,9-10,15-16H2,1H3,(H,29,30). The van der Waals surface area contributed by atoms with Crippen LogP contribution >= 0.6 is 11.6 Å². The van der Waals surface area contributed by atoms with Gasteiger partial charge in [-0.2, -0.15) is 5.26 Å². The van der Waals surface area contributed by atoms with E-state index >= 15 is 0 Å². The number of nitrogens with one attached hydrogen (secondary N) is 1. The van der Waals surface area contributed by atoms with Crippen molar-refractivity contribution in [3.05, 3.63) is 76.2 Å². The number of methoxy groups -OCH3 is 1. The van der Waals surface area contributed by atoms with Gasteiger partial charge < -0.3 is 14.5 Å². The zero-order chi connectivity index (χ0) is 25.1. The van der Waals surface area contributed by atoms with Crippen LogP contribution < -0.4 is 4.74 Å². The summed E-state index contributed by atoms with van der Waals surface area (Å²) in [5.74, 6) is 1.06. The average molecular weight is 505 g/mol. The first-order valence-corrected chi connectivity index (χ1v) is 12.1. The number of esters is 1.